The minimum atomic E-state index is 0.0827. The first-order valence-corrected chi connectivity index (χ1v) is 4.59. The van der Waals surface area contributed by atoms with Gasteiger partial charge in [-0.05, 0) is 30.0 Å². The summed E-state index contributed by atoms with van der Waals surface area (Å²) in [6.45, 7) is 0. The van der Waals surface area contributed by atoms with E-state index in [2.05, 4.69) is 6.07 Å². The summed E-state index contributed by atoms with van der Waals surface area (Å²) in [6.07, 6.45) is 1.80. The average molecular weight is 193 g/mol. The summed E-state index contributed by atoms with van der Waals surface area (Å²) in [5.41, 5.74) is 8.60. The highest BCUT2D eigenvalue weighted by molar-refractivity contribution is 6.31. The van der Waals surface area contributed by atoms with E-state index in [1.807, 2.05) is 6.07 Å². The van der Waals surface area contributed by atoms with E-state index in [1.165, 1.54) is 0 Å². The van der Waals surface area contributed by atoms with Crippen LogP contribution in [0.25, 0.3) is 0 Å². The van der Waals surface area contributed by atoms with Gasteiger partial charge in [-0.1, -0.05) is 17.7 Å². The minimum Gasteiger partial charge on any atom is -0.324 e. The predicted octanol–water partition coefficient (Wildman–Crippen LogP) is 2.16. The van der Waals surface area contributed by atoms with Crippen molar-refractivity contribution < 1.29 is 0 Å². The lowest BCUT2D eigenvalue weighted by molar-refractivity contribution is 0.713. The maximum atomic E-state index is 8.89. The number of nitrogens with zero attached hydrogens (tertiary/aromatic N) is 1. The second-order valence-corrected chi connectivity index (χ2v) is 3.65. The molecule has 0 fully saturated rings. The van der Waals surface area contributed by atoms with Crippen molar-refractivity contribution in [3.63, 3.8) is 0 Å². The molecule has 1 aliphatic carbocycles. The molecule has 0 heterocycles. The highest BCUT2D eigenvalue weighted by atomic mass is 35.5. The average Bonchev–Trinajstić information content (AvgIpc) is 2.48. The first-order valence-electron chi connectivity index (χ1n) is 4.21. The van der Waals surface area contributed by atoms with Crippen LogP contribution < -0.4 is 5.73 Å². The van der Waals surface area contributed by atoms with Gasteiger partial charge in [0.1, 0.15) is 6.07 Å². The lowest BCUT2D eigenvalue weighted by Crippen LogP contribution is -2.05. The zero-order valence-corrected chi connectivity index (χ0v) is 7.80. The van der Waals surface area contributed by atoms with Crippen LogP contribution in [-0.2, 0) is 6.42 Å². The van der Waals surface area contributed by atoms with Gasteiger partial charge in [0.2, 0.25) is 0 Å². The summed E-state index contributed by atoms with van der Waals surface area (Å²) in [4.78, 5) is 0. The van der Waals surface area contributed by atoms with E-state index in [0.29, 0.717) is 10.6 Å². The standard InChI is InChI=1S/C10H9ClN2/c11-9-3-1-7-6(8(9)5-12)2-4-10(7)13/h1,3,10H,2,4,13H2/t10-/m0/s1. The number of nitriles is 1. The number of hydrogen-bond donors (Lipinski definition) is 1. The smallest absolute Gasteiger partial charge is 0.101 e. The molecule has 2 N–H and O–H groups in total. The Morgan fingerprint density at radius 1 is 1.54 bits per heavy atom. The van der Waals surface area contributed by atoms with Gasteiger partial charge in [-0.2, -0.15) is 5.26 Å². The number of halogens is 1. The van der Waals surface area contributed by atoms with Crippen molar-refractivity contribution in [2.75, 3.05) is 0 Å². The lowest BCUT2D eigenvalue weighted by Gasteiger charge is -2.05. The Labute approximate surface area is 81.9 Å². The molecular weight excluding hydrogens is 184 g/mol. The van der Waals surface area contributed by atoms with Crippen molar-refractivity contribution in [2.24, 2.45) is 5.73 Å². The molecule has 3 heteroatoms. The number of hydrogen-bond acceptors (Lipinski definition) is 2. The number of fused-ring (bicyclic) bond motifs is 1. The van der Waals surface area contributed by atoms with Gasteiger partial charge in [0, 0.05) is 6.04 Å². The van der Waals surface area contributed by atoms with Crippen LogP contribution in [0.1, 0.15) is 29.2 Å². The minimum absolute atomic E-state index is 0.0827. The molecule has 1 aromatic carbocycles. The molecule has 0 unspecified atom stereocenters. The number of benzene rings is 1. The van der Waals surface area contributed by atoms with E-state index >= 15 is 0 Å². The largest absolute Gasteiger partial charge is 0.324 e. The Bertz CT molecular complexity index is 393. The van der Waals surface area contributed by atoms with Crippen LogP contribution in [0.3, 0.4) is 0 Å². The van der Waals surface area contributed by atoms with Crippen LogP contribution in [0, 0.1) is 11.3 Å². The first kappa shape index (κ1) is 8.55. The molecule has 0 aliphatic heterocycles. The SMILES string of the molecule is N#Cc1c(Cl)ccc2c1CC[C@@H]2N. The number of rotatable bonds is 0. The quantitative estimate of drug-likeness (QED) is 0.685. The van der Waals surface area contributed by atoms with Crippen molar-refractivity contribution >= 4 is 11.6 Å². The Morgan fingerprint density at radius 2 is 2.31 bits per heavy atom. The summed E-state index contributed by atoms with van der Waals surface area (Å²) in [5.74, 6) is 0. The van der Waals surface area contributed by atoms with Gasteiger partial charge in [-0.25, -0.2) is 0 Å². The third-order valence-electron chi connectivity index (χ3n) is 2.51. The molecule has 1 atom stereocenters. The molecule has 0 saturated carbocycles. The van der Waals surface area contributed by atoms with Crippen molar-refractivity contribution in [3.05, 3.63) is 33.8 Å². The Hall–Kier alpha value is -1.04. The molecule has 0 amide bonds. The Balaban J connectivity index is 2.66. The summed E-state index contributed by atoms with van der Waals surface area (Å²) in [5, 5.41) is 9.43. The fraction of sp³-hybridized carbons (Fsp3) is 0.300. The van der Waals surface area contributed by atoms with Crippen molar-refractivity contribution in [1.82, 2.24) is 0 Å². The van der Waals surface area contributed by atoms with Crippen molar-refractivity contribution in [3.8, 4) is 6.07 Å². The molecule has 2 rings (SSSR count). The fourth-order valence-corrected chi connectivity index (χ4v) is 2.05. The summed E-state index contributed by atoms with van der Waals surface area (Å²) in [7, 11) is 0. The van der Waals surface area contributed by atoms with E-state index in [9.17, 15) is 0 Å². The molecular formula is C10H9ClN2. The summed E-state index contributed by atoms with van der Waals surface area (Å²) >= 11 is 5.89. The van der Waals surface area contributed by atoms with Gasteiger partial charge in [0.15, 0.2) is 0 Å². The molecule has 0 saturated heterocycles. The third-order valence-corrected chi connectivity index (χ3v) is 2.83. The van der Waals surface area contributed by atoms with Crippen LogP contribution in [0.4, 0.5) is 0 Å². The second kappa shape index (κ2) is 3.02. The number of nitrogens with two attached hydrogens (primary N) is 1. The molecule has 1 aliphatic rings. The second-order valence-electron chi connectivity index (χ2n) is 3.25. The van der Waals surface area contributed by atoms with Crippen LogP contribution in [0.5, 0.6) is 0 Å². The van der Waals surface area contributed by atoms with Crippen LogP contribution >= 0.6 is 11.6 Å². The van der Waals surface area contributed by atoms with E-state index in [4.69, 9.17) is 22.6 Å². The molecule has 0 bridgehead atoms. The molecule has 1 aromatic rings. The lowest BCUT2D eigenvalue weighted by atomic mass is 10.0. The maximum Gasteiger partial charge on any atom is 0.101 e. The Morgan fingerprint density at radius 3 is 3.00 bits per heavy atom. The molecule has 66 valence electrons. The first-order chi connectivity index (χ1) is 6.24. The normalized spacial score (nSPS) is 19.6. The topological polar surface area (TPSA) is 49.8 Å². The molecule has 0 aromatic heterocycles. The van der Waals surface area contributed by atoms with Crippen LogP contribution in [-0.4, -0.2) is 0 Å². The summed E-state index contributed by atoms with van der Waals surface area (Å²) < 4.78 is 0. The molecule has 0 spiro atoms. The highest BCUT2D eigenvalue weighted by Gasteiger charge is 2.22. The zero-order chi connectivity index (χ0) is 9.42. The predicted molar refractivity (Wildman–Crippen MR) is 51.4 cm³/mol. The highest BCUT2D eigenvalue weighted by Crippen LogP contribution is 2.34. The van der Waals surface area contributed by atoms with Gasteiger partial charge < -0.3 is 5.73 Å². The molecule has 2 nitrogen and oxygen atoms in total. The van der Waals surface area contributed by atoms with Gasteiger partial charge >= 0.3 is 0 Å². The fourth-order valence-electron chi connectivity index (χ4n) is 1.83. The maximum absolute atomic E-state index is 8.89. The summed E-state index contributed by atoms with van der Waals surface area (Å²) in [6, 6.07) is 5.89. The molecule has 13 heavy (non-hydrogen) atoms. The third kappa shape index (κ3) is 1.21. The van der Waals surface area contributed by atoms with Gasteiger partial charge in [0.05, 0.1) is 10.6 Å². The van der Waals surface area contributed by atoms with Crippen LogP contribution in [0.2, 0.25) is 5.02 Å². The van der Waals surface area contributed by atoms with Crippen molar-refractivity contribution in [1.29, 1.82) is 5.26 Å². The van der Waals surface area contributed by atoms with E-state index in [-0.39, 0.29) is 6.04 Å². The Kier molecular flexibility index (Phi) is 1.99. The van der Waals surface area contributed by atoms with Gasteiger partial charge in [-0.3, -0.25) is 0 Å². The molecule has 0 radical (unpaired) electrons. The van der Waals surface area contributed by atoms with E-state index in [1.54, 1.807) is 6.07 Å². The monoisotopic (exact) mass is 192 g/mol. The van der Waals surface area contributed by atoms with Crippen LogP contribution in [0.15, 0.2) is 12.1 Å². The zero-order valence-electron chi connectivity index (χ0n) is 7.05. The van der Waals surface area contributed by atoms with Gasteiger partial charge in [0.25, 0.3) is 0 Å². The van der Waals surface area contributed by atoms with E-state index < -0.39 is 0 Å². The van der Waals surface area contributed by atoms with Crippen molar-refractivity contribution in [2.45, 2.75) is 18.9 Å². The van der Waals surface area contributed by atoms with E-state index in [0.717, 1.165) is 24.0 Å². The van der Waals surface area contributed by atoms with Gasteiger partial charge in [-0.15, -0.1) is 0 Å².